The Morgan fingerprint density at radius 2 is 1.72 bits per heavy atom. The van der Waals surface area contributed by atoms with Crippen LogP contribution in [-0.4, -0.2) is 71.2 Å². The van der Waals surface area contributed by atoms with E-state index in [1.165, 1.54) is 17.7 Å². The number of fused-ring (bicyclic) bond motifs is 1. The molecule has 1 saturated heterocycles. The third kappa shape index (κ3) is 3.06. The lowest BCUT2D eigenvalue weighted by molar-refractivity contribution is -0.133. The molecule has 3 aliphatic rings. The number of carbonyl (C=O) groups excluding carboxylic acids is 3. The zero-order valence-corrected chi connectivity index (χ0v) is 14.5. The third-order valence-corrected chi connectivity index (χ3v) is 5.41. The minimum Gasteiger partial charge on any atom is -0.340 e. The summed E-state index contributed by atoms with van der Waals surface area (Å²) in [6, 6.07) is 6.01. The maximum Gasteiger partial charge on any atom is 0.261 e. The first-order valence-electron chi connectivity index (χ1n) is 9.03. The molecule has 4 rings (SSSR count). The number of aryl methyl sites for hydroxylation is 1. The third-order valence-electron chi connectivity index (χ3n) is 5.41. The molecule has 0 unspecified atom stereocenters. The van der Waals surface area contributed by atoms with Gasteiger partial charge in [0.25, 0.3) is 11.8 Å². The molecule has 1 aromatic carbocycles. The molecule has 0 spiro atoms. The van der Waals surface area contributed by atoms with Crippen LogP contribution in [0.1, 0.15) is 45.5 Å². The highest BCUT2D eigenvalue weighted by atomic mass is 16.2. The number of rotatable bonds is 4. The van der Waals surface area contributed by atoms with E-state index in [1.807, 2.05) is 17.9 Å². The first-order chi connectivity index (χ1) is 12.0. The molecule has 1 saturated carbocycles. The molecular weight excluding hydrogens is 318 g/mol. The van der Waals surface area contributed by atoms with Gasteiger partial charge in [-0.25, -0.2) is 0 Å². The van der Waals surface area contributed by atoms with Gasteiger partial charge in [0.2, 0.25) is 5.91 Å². The molecule has 0 atom stereocenters. The molecule has 132 valence electrons. The van der Waals surface area contributed by atoms with Crippen LogP contribution in [0.4, 0.5) is 0 Å². The Morgan fingerprint density at radius 3 is 2.40 bits per heavy atom. The molecule has 1 aromatic rings. The summed E-state index contributed by atoms with van der Waals surface area (Å²) >= 11 is 0. The van der Waals surface area contributed by atoms with Gasteiger partial charge >= 0.3 is 0 Å². The number of amides is 3. The normalized spacial score (nSPS) is 21.0. The van der Waals surface area contributed by atoms with Gasteiger partial charge in [-0.2, -0.15) is 0 Å². The van der Waals surface area contributed by atoms with Crippen LogP contribution >= 0.6 is 0 Å². The minimum absolute atomic E-state index is 0.0307. The Hall–Kier alpha value is -2.21. The fourth-order valence-corrected chi connectivity index (χ4v) is 3.75. The summed E-state index contributed by atoms with van der Waals surface area (Å²) in [5.74, 6) is -0.537. The van der Waals surface area contributed by atoms with E-state index in [1.54, 1.807) is 12.1 Å². The summed E-state index contributed by atoms with van der Waals surface area (Å²) in [6.45, 7) is 5.41. The number of hydrogen-bond donors (Lipinski definition) is 0. The first-order valence-corrected chi connectivity index (χ1v) is 9.03. The molecule has 1 aliphatic carbocycles. The molecular formula is C19H23N3O3. The van der Waals surface area contributed by atoms with Crippen molar-refractivity contribution in [3.05, 3.63) is 34.9 Å². The van der Waals surface area contributed by atoms with E-state index in [9.17, 15) is 14.4 Å². The van der Waals surface area contributed by atoms with Crippen LogP contribution in [-0.2, 0) is 4.79 Å². The lowest BCUT2D eigenvalue weighted by atomic mass is 10.1. The summed E-state index contributed by atoms with van der Waals surface area (Å²) in [5, 5.41) is 0. The van der Waals surface area contributed by atoms with E-state index in [-0.39, 0.29) is 30.7 Å². The van der Waals surface area contributed by atoms with Gasteiger partial charge in [-0.05, 0) is 31.9 Å². The van der Waals surface area contributed by atoms with E-state index < -0.39 is 0 Å². The highest BCUT2D eigenvalue weighted by Crippen LogP contribution is 2.28. The lowest BCUT2D eigenvalue weighted by Crippen LogP contribution is -2.49. The molecule has 3 amide bonds. The predicted molar refractivity (Wildman–Crippen MR) is 92.3 cm³/mol. The zero-order chi connectivity index (χ0) is 17.6. The van der Waals surface area contributed by atoms with E-state index >= 15 is 0 Å². The number of carbonyl (C=O) groups is 3. The molecule has 0 radical (unpaired) electrons. The Balaban J connectivity index is 1.33. The highest BCUT2D eigenvalue weighted by molar-refractivity contribution is 6.21. The van der Waals surface area contributed by atoms with Gasteiger partial charge in [0.05, 0.1) is 11.1 Å². The Kier molecular flexibility index (Phi) is 4.07. The van der Waals surface area contributed by atoms with Gasteiger partial charge in [0.1, 0.15) is 0 Å². The van der Waals surface area contributed by atoms with Gasteiger partial charge in [-0.1, -0.05) is 11.6 Å². The summed E-state index contributed by atoms with van der Waals surface area (Å²) in [4.78, 5) is 42.8. The molecule has 0 N–H and O–H groups in total. The monoisotopic (exact) mass is 341 g/mol. The largest absolute Gasteiger partial charge is 0.340 e. The van der Waals surface area contributed by atoms with Crippen molar-refractivity contribution in [1.29, 1.82) is 0 Å². The molecule has 0 aromatic heterocycles. The van der Waals surface area contributed by atoms with Crippen LogP contribution in [0.2, 0.25) is 0 Å². The zero-order valence-electron chi connectivity index (χ0n) is 14.5. The summed E-state index contributed by atoms with van der Waals surface area (Å²) in [6.07, 6.45) is 2.77. The molecule has 2 fully saturated rings. The quantitative estimate of drug-likeness (QED) is 0.774. The molecule has 2 heterocycles. The number of benzene rings is 1. The summed E-state index contributed by atoms with van der Waals surface area (Å²) in [5.41, 5.74) is 1.85. The standard InChI is InChI=1S/C19H23N3O3/c1-13-2-5-15-16(12-13)19(25)22(18(15)24)7-6-17(23)21-10-8-20(9-11-21)14-3-4-14/h2,5,12,14H,3-4,6-11H2,1H3. The summed E-state index contributed by atoms with van der Waals surface area (Å²) in [7, 11) is 0. The van der Waals surface area contributed by atoms with Crippen LogP contribution in [0.25, 0.3) is 0 Å². The fraction of sp³-hybridized carbons (Fsp3) is 0.526. The van der Waals surface area contributed by atoms with Crippen LogP contribution in [0.15, 0.2) is 18.2 Å². The average molecular weight is 341 g/mol. The van der Waals surface area contributed by atoms with Gasteiger partial charge < -0.3 is 4.90 Å². The fourth-order valence-electron chi connectivity index (χ4n) is 3.75. The van der Waals surface area contributed by atoms with E-state index in [0.29, 0.717) is 11.1 Å². The van der Waals surface area contributed by atoms with Crippen LogP contribution < -0.4 is 0 Å². The maximum absolute atomic E-state index is 12.4. The minimum atomic E-state index is -0.286. The first kappa shape index (κ1) is 16.3. The van der Waals surface area contributed by atoms with Crippen molar-refractivity contribution in [2.45, 2.75) is 32.2 Å². The number of imide groups is 1. The van der Waals surface area contributed by atoms with Crippen molar-refractivity contribution >= 4 is 17.7 Å². The van der Waals surface area contributed by atoms with E-state index in [0.717, 1.165) is 37.8 Å². The number of hydrogen-bond acceptors (Lipinski definition) is 4. The van der Waals surface area contributed by atoms with Crippen LogP contribution in [0, 0.1) is 6.92 Å². The van der Waals surface area contributed by atoms with Gasteiger partial charge in [0.15, 0.2) is 0 Å². The van der Waals surface area contributed by atoms with Crippen molar-refractivity contribution in [3.8, 4) is 0 Å². The number of piperazine rings is 1. The lowest BCUT2D eigenvalue weighted by Gasteiger charge is -2.35. The molecule has 25 heavy (non-hydrogen) atoms. The van der Waals surface area contributed by atoms with Gasteiger partial charge in [0, 0.05) is 45.2 Å². The van der Waals surface area contributed by atoms with Crippen LogP contribution in [0.3, 0.4) is 0 Å². The van der Waals surface area contributed by atoms with E-state index in [2.05, 4.69) is 4.90 Å². The van der Waals surface area contributed by atoms with E-state index in [4.69, 9.17) is 0 Å². The van der Waals surface area contributed by atoms with Gasteiger partial charge in [-0.3, -0.25) is 24.2 Å². The Morgan fingerprint density at radius 1 is 1.04 bits per heavy atom. The topological polar surface area (TPSA) is 60.9 Å². The van der Waals surface area contributed by atoms with Crippen molar-refractivity contribution in [3.63, 3.8) is 0 Å². The Labute approximate surface area is 147 Å². The van der Waals surface area contributed by atoms with Crippen molar-refractivity contribution < 1.29 is 14.4 Å². The smallest absolute Gasteiger partial charge is 0.261 e. The number of nitrogens with zero attached hydrogens (tertiary/aromatic N) is 3. The molecule has 6 heteroatoms. The van der Waals surface area contributed by atoms with Crippen molar-refractivity contribution in [2.75, 3.05) is 32.7 Å². The second-order valence-electron chi connectivity index (χ2n) is 7.21. The second-order valence-corrected chi connectivity index (χ2v) is 7.21. The van der Waals surface area contributed by atoms with Crippen molar-refractivity contribution in [2.24, 2.45) is 0 Å². The van der Waals surface area contributed by atoms with Gasteiger partial charge in [-0.15, -0.1) is 0 Å². The van der Waals surface area contributed by atoms with Crippen molar-refractivity contribution in [1.82, 2.24) is 14.7 Å². The predicted octanol–water partition coefficient (Wildman–Crippen LogP) is 1.29. The van der Waals surface area contributed by atoms with Crippen LogP contribution in [0.5, 0.6) is 0 Å². The second kappa shape index (κ2) is 6.26. The SMILES string of the molecule is Cc1ccc2c(c1)C(=O)N(CCC(=O)N1CCN(C3CC3)CC1)C2=O. The average Bonchev–Trinajstić information content (AvgIpc) is 3.43. The molecule has 6 nitrogen and oxygen atoms in total. The Bertz CT molecular complexity index is 733. The summed E-state index contributed by atoms with van der Waals surface area (Å²) < 4.78 is 0. The molecule has 0 bridgehead atoms. The maximum atomic E-state index is 12.4. The highest BCUT2D eigenvalue weighted by Gasteiger charge is 2.36. The molecule has 2 aliphatic heterocycles.